The van der Waals surface area contributed by atoms with E-state index in [2.05, 4.69) is 15.5 Å². The van der Waals surface area contributed by atoms with Crippen molar-refractivity contribution in [2.45, 2.75) is 33.4 Å². The van der Waals surface area contributed by atoms with Crippen LogP contribution in [0.2, 0.25) is 5.02 Å². The largest absolute Gasteiger partial charge is 0.482 e. The summed E-state index contributed by atoms with van der Waals surface area (Å²) in [4.78, 5) is 11.7. The van der Waals surface area contributed by atoms with Crippen molar-refractivity contribution >= 4 is 17.6 Å². The van der Waals surface area contributed by atoms with Gasteiger partial charge >= 0.3 is 5.97 Å². The number of esters is 1. The zero-order valence-electron chi connectivity index (χ0n) is 12.5. The molecule has 0 N–H and O–H groups in total. The van der Waals surface area contributed by atoms with Crippen LogP contribution < -0.4 is 4.74 Å². The van der Waals surface area contributed by atoms with E-state index in [9.17, 15) is 4.79 Å². The molecule has 7 nitrogen and oxygen atoms in total. The Balaban J connectivity index is 1.81. The van der Waals surface area contributed by atoms with Gasteiger partial charge in [0.1, 0.15) is 5.75 Å². The van der Waals surface area contributed by atoms with E-state index in [0.29, 0.717) is 23.1 Å². The van der Waals surface area contributed by atoms with Gasteiger partial charge in [-0.25, -0.2) is 9.48 Å². The Morgan fingerprint density at radius 2 is 2.23 bits per heavy atom. The van der Waals surface area contributed by atoms with Gasteiger partial charge in [0.25, 0.3) is 0 Å². The number of carbonyl (C=O) groups excluding carboxylic acids is 1. The lowest BCUT2D eigenvalue weighted by Crippen LogP contribution is -2.17. The van der Waals surface area contributed by atoms with Gasteiger partial charge < -0.3 is 9.47 Å². The number of nitrogens with zero attached hydrogens (tertiary/aromatic N) is 4. The molecule has 1 aromatic heterocycles. The van der Waals surface area contributed by atoms with Crippen molar-refractivity contribution in [2.24, 2.45) is 0 Å². The lowest BCUT2D eigenvalue weighted by molar-refractivity contribution is -0.147. The van der Waals surface area contributed by atoms with Crippen LogP contribution in [0.4, 0.5) is 0 Å². The molecule has 0 fully saturated rings. The minimum absolute atomic E-state index is 0.0226. The summed E-state index contributed by atoms with van der Waals surface area (Å²) >= 11 is 5.86. The average Bonchev–Trinajstić information content (AvgIpc) is 2.92. The summed E-state index contributed by atoms with van der Waals surface area (Å²) in [6.07, 6.45) is 0.894. The lowest BCUT2D eigenvalue weighted by Gasteiger charge is -2.09. The molecule has 0 unspecified atom stereocenters. The summed E-state index contributed by atoms with van der Waals surface area (Å²) < 4.78 is 12.1. The fourth-order valence-corrected chi connectivity index (χ4v) is 2.04. The van der Waals surface area contributed by atoms with E-state index in [1.807, 2.05) is 13.8 Å². The van der Waals surface area contributed by atoms with Crippen molar-refractivity contribution in [1.82, 2.24) is 20.2 Å². The molecule has 0 aliphatic carbocycles. The Hall–Kier alpha value is -2.15. The highest BCUT2D eigenvalue weighted by Crippen LogP contribution is 2.21. The van der Waals surface area contributed by atoms with Gasteiger partial charge in [0, 0.05) is 11.6 Å². The van der Waals surface area contributed by atoms with Gasteiger partial charge in [-0.05, 0) is 47.5 Å². The maximum atomic E-state index is 11.7. The maximum absolute atomic E-state index is 11.7. The zero-order valence-corrected chi connectivity index (χ0v) is 13.2. The van der Waals surface area contributed by atoms with E-state index in [1.54, 1.807) is 22.9 Å². The smallest absolute Gasteiger partial charge is 0.344 e. The third kappa shape index (κ3) is 4.42. The Bertz CT molecular complexity index is 645. The van der Waals surface area contributed by atoms with E-state index < -0.39 is 5.97 Å². The maximum Gasteiger partial charge on any atom is 0.344 e. The molecule has 0 spiro atoms. The number of aromatic nitrogens is 4. The Morgan fingerprint density at radius 3 is 2.95 bits per heavy atom. The highest BCUT2D eigenvalue weighted by atomic mass is 35.5. The van der Waals surface area contributed by atoms with Crippen molar-refractivity contribution in [2.75, 3.05) is 6.61 Å². The van der Waals surface area contributed by atoms with Gasteiger partial charge in [0.2, 0.25) is 0 Å². The van der Waals surface area contributed by atoms with Crippen LogP contribution in [0.3, 0.4) is 0 Å². The molecule has 0 radical (unpaired) electrons. The van der Waals surface area contributed by atoms with E-state index in [0.717, 1.165) is 12.0 Å². The second kappa shape index (κ2) is 7.74. The summed E-state index contributed by atoms with van der Waals surface area (Å²) in [6, 6.07) is 5.18. The second-order valence-corrected chi connectivity index (χ2v) is 5.11. The standard InChI is InChI=1S/C14H17ClN4O3/c1-3-6-19-13(16-17-18-19)8-22-14(20)9-21-12-5-4-11(15)7-10(12)2/h4-5,7H,3,6,8-9H2,1-2H3. The average molecular weight is 325 g/mol. The summed E-state index contributed by atoms with van der Waals surface area (Å²) in [7, 11) is 0. The summed E-state index contributed by atoms with van der Waals surface area (Å²) in [6.45, 7) is 4.39. The van der Waals surface area contributed by atoms with E-state index in [1.165, 1.54) is 0 Å². The van der Waals surface area contributed by atoms with Crippen LogP contribution in [0, 0.1) is 6.92 Å². The molecule has 0 atom stereocenters. The highest BCUT2D eigenvalue weighted by Gasteiger charge is 2.10. The Morgan fingerprint density at radius 1 is 1.41 bits per heavy atom. The molecule has 2 aromatic rings. The lowest BCUT2D eigenvalue weighted by atomic mass is 10.2. The summed E-state index contributed by atoms with van der Waals surface area (Å²) in [5.41, 5.74) is 0.854. The fraction of sp³-hybridized carbons (Fsp3) is 0.429. The first kappa shape index (κ1) is 16.2. The molecule has 0 saturated carbocycles. The number of aryl methyl sites for hydroxylation is 2. The van der Waals surface area contributed by atoms with Crippen LogP contribution in [-0.4, -0.2) is 32.8 Å². The van der Waals surface area contributed by atoms with E-state index in [4.69, 9.17) is 21.1 Å². The van der Waals surface area contributed by atoms with E-state index >= 15 is 0 Å². The number of ether oxygens (including phenoxy) is 2. The predicted molar refractivity (Wildman–Crippen MR) is 79.6 cm³/mol. The van der Waals surface area contributed by atoms with Crippen molar-refractivity contribution in [3.05, 3.63) is 34.6 Å². The molecule has 2 rings (SSSR count). The normalized spacial score (nSPS) is 10.5. The minimum atomic E-state index is -0.486. The van der Waals surface area contributed by atoms with E-state index in [-0.39, 0.29) is 13.2 Å². The van der Waals surface area contributed by atoms with Crippen LogP contribution in [-0.2, 0) is 22.7 Å². The molecule has 0 aliphatic rings. The van der Waals surface area contributed by atoms with Crippen LogP contribution in [0.1, 0.15) is 24.7 Å². The molecule has 1 heterocycles. The van der Waals surface area contributed by atoms with Gasteiger partial charge in [-0.2, -0.15) is 0 Å². The van der Waals surface area contributed by atoms with Gasteiger partial charge in [-0.15, -0.1) is 5.10 Å². The first-order chi connectivity index (χ1) is 10.6. The molecule has 118 valence electrons. The van der Waals surface area contributed by atoms with Crippen LogP contribution >= 0.6 is 11.6 Å². The van der Waals surface area contributed by atoms with Crippen molar-refractivity contribution in [3.8, 4) is 5.75 Å². The van der Waals surface area contributed by atoms with Crippen molar-refractivity contribution < 1.29 is 14.3 Å². The molecule has 0 saturated heterocycles. The minimum Gasteiger partial charge on any atom is -0.482 e. The van der Waals surface area contributed by atoms with Gasteiger partial charge in [0.15, 0.2) is 19.0 Å². The molecule has 8 heteroatoms. The topological polar surface area (TPSA) is 79.1 Å². The Kier molecular flexibility index (Phi) is 5.71. The van der Waals surface area contributed by atoms with Crippen molar-refractivity contribution in [3.63, 3.8) is 0 Å². The number of hydrogen-bond donors (Lipinski definition) is 0. The van der Waals surface area contributed by atoms with Crippen LogP contribution in [0.25, 0.3) is 0 Å². The quantitative estimate of drug-likeness (QED) is 0.726. The summed E-state index contributed by atoms with van der Waals surface area (Å²) in [5, 5.41) is 11.8. The molecule has 0 bridgehead atoms. The molecule has 22 heavy (non-hydrogen) atoms. The number of hydrogen-bond acceptors (Lipinski definition) is 6. The third-order valence-corrected chi connectivity index (χ3v) is 3.12. The molecule has 0 amide bonds. The van der Waals surface area contributed by atoms with Gasteiger partial charge in [0.05, 0.1) is 0 Å². The molecule has 1 aromatic carbocycles. The predicted octanol–water partition coefficient (Wildman–Crippen LogP) is 2.17. The number of benzene rings is 1. The molecule has 0 aliphatic heterocycles. The second-order valence-electron chi connectivity index (χ2n) is 4.68. The molecular weight excluding hydrogens is 308 g/mol. The number of tetrazole rings is 1. The third-order valence-electron chi connectivity index (χ3n) is 2.89. The Labute approximate surface area is 133 Å². The monoisotopic (exact) mass is 324 g/mol. The SMILES string of the molecule is CCCn1nnnc1COC(=O)COc1ccc(Cl)cc1C. The number of halogens is 1. The number of rotatable bonds is 7. The first-order valence-corrected chi connectivity index (χ1v) is 7.27. The summed E-state index contributed by atoms with van der Waals surface area (Å²) in [5.74, 6) is 0.621. The van der Waals surface area contributed by atoms with Gasteiger partial charge in [-0.3, -0.25) is 0 Å². The molecular formula is C14H17ClN4O3. The van der Waals surface area contributed by atoms with Gasteiger partial charge in [-0.1, -0.05) is 18.5 Å². The highest BCUT2D eigenvalue weighted by molar-refractivity contribution is 6.30. The first-order valence-electron chi connectivity index (χ1n) is 6.89. The zero-order chi connectivity index (χ0) is 15.9. The van der Waals surface area contributed by atoms with Crippen LogP contribution in [0.5, 0.6) is 5.75 Å². The number of carbonyl (C=O) groups is 1. The fourth-order valence-electron chi connectivity index (χ4n) is 1.81. The van der Waals surface area contributed by atoms with Crippen LogP contribution in [0.15, 0.2) is 18.2 Å². The van der Waals surface area contributed by atoms with Crippen molar-refractivity contribution in [1.29, 1.82) is 0 Å².